The molecule has 0 aromatic rings. The maximum Gasteiger partial charge on any atom is 0.238 e. The summed E-state index contributed by atoms with van der Waals surface area (Å²) in [5.41, 5.74) is 0. The number of carbonyl (C=O) groups excluding carboxylic acids is 1. The van der Waals surface area contributed by atoms with Crippen LogP contribution >= 0.6 is 0 Å². The van der Waals surface area contributed by atoms with Gasteiger partial charge in [0.25, 0.3) is 0 Å². The Kier molecular flexibility index (Phi) is 4.15. The van der Waals surface area contributed by atoms with E-state index in [1.54, 1.807) is 0 Å². The first-order chi connectivity index (χ1) is 7.75. The Morgan fingerprint density at radius 3 is 3.00 bits per heavy atom. The van der Waals surface area contributed by atoms with Gasteiger partial charge in [-0.25, -0.2) is 0 Å². The molecule has 0 bridgehead atoms. The van der Waals surface area contributed by atoms with Gasteiger partial charge in [-0.3, -0.25) is 4.79 Å². The van der Waals surface area contributed by atoms with Gasteiger partial charge in [0.15, 0.2) is 0 Å². The number of nitrogens with zero attached hydrogens (tertiary/aromatic N) is 1. The first-order valence-corrected chi connectivity index (χ1v) is 6.19. The van der Waals surface area contributed by atoms with Crippen LogP contribution in [0.3, 0.4) is 0 Å². The summed E-state index contributed by atoms with van der Waals surface area (Å²) in [6.45, 7) is 4.70. The Morgan fingerprint density at radius 2 is 2.31 bits per heavy atom. The lowest BCUT2D eigenvalue weighted by Crippen LogP contribution is -2.58. The minimum atomic E-state index is -0.0546. The quantitative estimate of drug-likeness (QED) is 0.551. The van der Waals surface area contributed by atoms with Crippen LogP contribution in [0.5, 0.6) is 0 Å². The van der Waals surface area contributed by atoms with Crippen molar-refractivity contribution in [1.82, 2.24) is 20.9 Å². The molecule has 2 aliphatic heterocycles. The predicted molar refractivity (Wildman–Crippen MR) is 63.3 cm³/mol. The molecule has 0 spiro atoms. The van der Waals surface area contributed by atoms with Crippen molar-refractivity contribution in [2.45, 2.75) is 24.9 Å². The van der Waals surface area contributed by atoms with Crippen LogP contribution in [0.2, 0.25) is 0 Å². The number of piperidine rings is 1. The highest BCUT2D eigenvalue weighted by molar-refractivity contribution is 5.82. The van der Waals surface area contributed by atoms with E-state index in [1.165, 1.54) is 6.42 Å². The van der Waals surface area contributed by atoms with Crippen LogP contribution in [0.15, 0.2) is 0 Å². The third kappa shape index (κ3) is 3.17. The molecule has 0 saturated carbocycles. The number of piperazine rings is 1. The molecule has 2 heterocycles. The second kappa shape index (κ2) is 5.61. The second-order valence-electron chi connectivity index (χ2n) is 4.82. The fourth-order valence-corrected chi connectivity index (χ4v) is 2.42. The number of amides is 1. The fraction of sp³-hybridized carbons (Fsp3) is 0.909. The van der Waals surface area contributed by atoms with Crippen molar-refractivity contribution in [2.75, 3.05) is 39.8 Å². The van der Waals surface area contributed by atoms with E-state index in [1.807, 2.05) is 0 Å². The van der Waals surface area contributed by atoms with Crippen molar-refractivity contribution >= 4 is 5.91 Å². The highest BCUT2D eigenvalue weighted by Gasteiger charge is 2.24. The number of rotatable bonds is 2. The zero-order valence-corrected chi connectivity index (χ0v) is 9.96. The molecule has 16 heavy (non-hydrogen) atoms. The molecule has 2 fully saturated rings. The second-order valence-corrected chi connectivity index (χ2v) is 4.82. The van der Waals surface area contributed by atoms with Crippen molar-refractivity contribution < 1.29 is 4.79 Å². The number of nitrogens with one attached hydrogen (secondary N) is 3. The predicted octanol–water partition coefficient (Wildman–Crippen LogP) is -1.24. The van der Waals surface area contributed by atoms with Crippen molar-refractivity contribution in [3.05, 3.63) is 0 Å². The highest BCUT2D eigenvalue weighted by atomic mass is 16.2. The Labute approximate surface area is 96.9 Å². The van der Waals surface area contributed by atoms with Gasteiger partial charge in [0.2, 0.25) is 5.91 Å². The van der Waals surface area contributed by atoms with Gasteiger partial charge in [0, 0.05) is 32.2 Å². The summed E-state index contributed by atoms with van der Waals surface area (Å²) in [6, 6.07) is 0.274. The van der Waals surface area contributed by atoms with Gasteiger partial charge in [-0.2, -0.15) is 0 Å². The van der Waals surface area contributed by atoms with Crippen molar-refractivity contribution in [2.24, 2.45) is 0 Å². The van der Waals surface area contributed by atoms with E-state index in [4.69, 9.17) is 0 Å². The lowest BCUT2D eigenvalue weighted by molar-refractivity contribution is -0.124. The zero-order valence-electron chi connectivity index (χ0n) is 9.96. The van der Waals surface area contributed by atoms with E-state index in [9.17, 15) is 4.79 Å². The molecule has 0 aromatic carbocycles. The molecular formula is C11H22N4O. The summed E-state index contributed by atoms with van der Waals surface area (Å²) >= 11 is 0. The van der Waals surface area contributed by atoms with Crippen molar-refractivity contribution in [3.8, 4) is 0 Å². The minimum absolute atomic E-state index is 0.0546. The van der Waals surface area contributed by atoms with Gasteiger partial charge in [-0.1, -0.05) is 0 Å². The van der Waals surface area contributed by atoms with Crippen LogP contribution < -0.4 is 16.0 Å². The van der Waals surface area contributed by atoms with Crippen LogP contribution in [0.1, 0.15) is 12.8 Å². The molecule has 0 aliphatic carbocycles. The maximum atomic E-state index is 11.9. The van der Waals surface area contributed by atoms with Crippen molar-refractivity contribution in [3.63, 3.8) is 0 Å². The SMILES string of the molecule is CN1CCCC(NC(=O)C2CNCCN2)C1. The van der Waals surface area contributed by atoms with Gasteiger partial charge >= 0.3 is 0 Å². The first kappa shape index (κ1) is 11.8. The van der Waals surface area contributed by atoms with E-state index >= 15 is 0 Å². The van der Waals surface area contributed by atoms with Crippen LogP contribution in [0, 0.1) is 0 Å². The molecule has 0 radical (unpaired) electrons. The summed E-state index contributed by atoms with van der Waals surface area (Å²) in [4.78, 5) is 14.2. The number of likely N-dealkylation sites (N-methyl/N-ethyl adjacent to an activating group) is 1. The van der Waals surface area contributed by atoms with Crippen LogP contribution in [-0.4, -0.2) is 62.7 Å². The Hall–Kier alpha value is -0.650. The summed E-state index contributed by atoms with van der Waals surface area (Å²) in [6.07, 6.45) is 2.29. The standard InChI is InChI=1S/C11H22N4O/c1-15-6-2-3-9(8-15)14-11(16)10-7-12-4-5-13-10/h9-10,12-13H,2-8H2,1H3,(H,14,16). The van der Waals surface area contributed by atoms with Gasteiger partial charge in [-0.15, -0.1) is 0 Å². The monoisotopic (exact) mass is 226 g/mol. The largest absolute Gasteiger partial charge is 0.351 e. The average Bonchev–Trinajstić information content (AvgIpc) is 2.30. The minimum Gasteiger partial charge on any atom is -0.351 e. The summed E-state index contributed by atoms with van der Waals surface area (Å²) < 4.78 is 0. The lowest BCUT2D eigenvalue weighted by atomic mass is 10.1. The van der Waals surface area contributed by atoms with Gasteiger partial charge < -0.3 is 20.9 Å². The Bertz CT molecular complexity index is 240. The Morgan fingerprint density at radius 1 is 1.44 bits per heavy atom. The summed E-state index contributed by atoms with van der Waals surface area (Å²) in [7, 11) is 2.11. The number of hydrogen-bond acceptors (Lipinski definition) is 4. The van der Waals surface area contributed by atoms with Crippen LogP contribution in [0.25, 0.3) is 0 Å². The molecule has 5 nitrogen and oxygen atoms in total. The van der Waals surface area contributed by atoms with Gasteiger partial charge in [-0.05, 0) is 26.4 Å². The molecule has 1 amide bonds. The van der Waals surface area contributed by atoms with Crippen LogP contribution in [-0.2, 0) is 4.79 Å². The molecule has 5 heteroatoms. The normalized spacial score (nSPS) is 32.3. The van der Waals surface area contributed by atoms with E-state index in [0.29, 0.717) is 6.04 Å². The van der Waals surface area contributed by atoms with Gasteiger partial charge in [0.1, 0.15) is 0 Å². The zero-order chi connectivity index (χ0) is 11.4. The molecule has 2 atom stereocenters. The van der Waals surface area contributed by atoms with E-state index < -0.39 is 0 Å². The molecule has 2 aliphatic rings. The third-order valence-corrected chi connectivity index (χ3v) is 3.33. The van der Waals surface area contributed by atoms with Gasteiger partial charge in [0.05, 0.1) is 6.04 Å². The third-order valence-electron chi connectivity index (χ3n) is 3.33. The van der Waals surface area contributed by atoms with E-state index in [2.05, 4.69) is 27.9 Å². The fourth-order valence-electron chi connectivity index (χ4n) is 2.42. The number of hydrogen-bond donors (Lipinski definition) is 3. The molecule has 0 aromatic heterocycles. The maximum absolute atomic E-state index is 11.9. The number of likely N-dealkylation sites (tertiary alicyclic amines) is 1. The smallest absolute Gasteiger partial charge is 0.238 e. The average molecular weight is 226 g/mol. The highest BCUT2D eigenvalue weighted by Crippen LogP contribution is 2.07. The van der Waals surface area contributed by atoms with Crippen molar-refractivity contribution in [1.29, 1.82) is 0 Å². The molecule has 2 unspecified atom stereocenters. The lowest BCUT2D eigenvalue weighted by Gasteiger charge is -2.32. The number of carbonyl (C=O) groups is 1. The topological polar surface area (TPSA) is 56.4 Å². The molecule has 92 valence electrons. The Balaban J connectivity index is 1.77. The summed E-state index contributed by atoms with van der Waals surface area (Å²) in [5.74, 6) is 0.146. The first-order valence-electron chi connectivity index (χ1n) is 6.19. The molecule has 2 rings (SSSR count). The molecule has 3 N–H and O–H groups in total. The summed E-state index contributed by atoms with van der Waals surface area (Å²) in [5, 5.41) is 9.60. The van der Waals surface area contributed by atoms with E-state index in [0.717, 1.165) is 39.1 Å². The van der Waals surface area contributed by atoms with Crippen LogP contribution in [0.4, 0.5) is 0 Å². The molecule has 2 saturated heterocycles. The van der Waals surface area contributed by atoms with E-state index in [-0.39, 0.29) is 11.9 Å². The molecular weight excluding hydrogens is 204 g/mol.